The number of nitrogens with zero attached hydrogens (tertiary/aromatic N) is 3. The smallest absolute Gasteiger partial charge is 0.342 e. The average Bonchev–Trinajstić information content (AvgIpc) is 3.31. The number of imidazole rings is 1. The molecule has 7 heteroatoms. The van der Waals surface area contributed by atoms with Gasteiger partial charge < -0.3 is 9.47 Å². The molecule has 1 fully saturated rings. The predicted octanol–water partition coefficient (Wildman–Crippen LogP) is 5.46. The number of piperidine rings is 1. The van der Waals surface area contributed by atoms with E-state index in [0.29, 0.717) is 13.1 Å². The van der Waals surface area contributed by atoms with Crippen molar-refractivity contribution in [3.8, 4) is 0 Å². The molecule has 0 bridgehead atoms. The Kier molecular flexibility index (Phi) is 6.19. The lowest BCUT2D eigenvalue weighted by atomic mass is 9.82. The Balaban J connectivity index is 1.23. The molecule has 0 radical (unpaired) electrons. The lowest BCUT2D eigenvalue weighted by Crippen LogP contribution is -2.43. The first-order valence-electron chi connectivity index (χ1n) is 11.9. The fourth-order valence-corrected chi connectivity index (χ4v) is 5.46. The number of carbonyl (C=O) groups is 1. The van der Waals surface area contributed by atoms with Crippen molar-refractivity contribution in [3.05, 3.63) is 89.0 Å². The van der Waals surface area contributed by atoms with Gasteiger partial charge in [-0.3, -0.25) is 4.79 Å². The Morgan fingerprint density at radius 2 is 1.68 bits per heavy atom. The molecule has 1 aliphatic heterocycles. The third-order valence-electron chi connectivity index (χ3n) is 7.28. The van der Waals surface area contributed by atoms with E-state index in [2.05, 4.69) is 23.2 Å². The maximum absolute atomic E-state index is 13.4. The van der Waals surface area contributed by atoms with Gasteiger partial charge in [0.25, 0.3) is 0 Å². The van der Waals surface area contributed by atoms with Crippen LogP contribution >= 0.6 is 0 Å². The molecule has 178 valence electrons. The van der Waals surface area contributed by atoms with E-state index >= 15 is 0 Å². The Bertz CT molecular complexity index is 1160. The topological polar surface area (TPSA) is 38.1 Å². The van der Waals surface area contributed by atoms with Crippen molar-refractivity contribution >= 4 is 5.91 Å². The number of fused-ring (bicyclic) bond motifs is 1. The Morgan fingerprint density at radius 1 is 0.971 bits per heavy atom. The van der Waals surface area contributed by atoms with Crippen LogP contribution in [0.25, 0.3) is 0 Å². The molecule has 0 N–H and O–H groups in total. The second-order valence-corrected chi connectivity index (χ2v) is 9.38. The molecule has 5 rings (SSSR count). The molecule has 1 aliphatic carbocycles. The van der Waals surface area contributed by atoms with Crippen LogP contribution in [0.4, 0.5) is 13.2 Å². The second-order valence-electron chi connectivity index (χ2n) is 9.38. The third kappa shape index (κ3) is 4.61. The minimum absolute atomic E-state index is 0.0345. The van der Waals surface area contributed by atoms with Gasteiger partial charge in [-0.05, 0) is 54.9 Å². The number of rotatable bonds is 4. The number of halogens is 3. The standard InChI is InChI=1S/C27H28F3N3O/c28-27(29,30)24-8-4-3-7-23(24)18-33-16-13-31-25(33)20-11-14-32(15-12-20)26(34)22-10-9-19-5-1-2-6-21(19)17-22/h1-8,13,16,20,22H,9-12,14-15,17-18H2. The van der Waals surface area contributed by atoms with Gasteiger partial charge in [0, 0.05) is 43.9 Å². The summed E-state index contributed by atoms with van der Waals surface area (Å²) in [6, 6.07) is 14.1. The number of hydrogen-bond acceptors (Lipinski definition) is 2. The van der Waals surface area contributed by atoms with Gasteiger partial charge >= 0.3 is 6.18 Å². The van der Waals surface area contributed by atoms with Gasteiger partial charge in [0.15, 0.2) is 0 Å². The van der Waals surface area contributed by atoms with Crippen LogP contribution in [0.15, 0.2) is 60.9 Å². The van der Waals surface area contributed by atoms with Crippen LogP contribution < -0.4 is 0 Å². The quantitative estimate of drug-likeness (QED) is 0.511. The van der Waals surface area contributed by atoms with Gasteiger partial charge in [-0.1, -0.05) is 42.5 Å². The summed E-state index contributed by atoms with van der Waals surface area (Å²) in [7, 11) is 0. The number of carbonyl (C=O) groups excluding carboxylic acids is 1. The largest absolute Gasteiger partial charge is 0.416 e. The lowest BCUT2D eigenvalue weighted by molar-refractivity contribution is -0.138. The van der Waals surface area contributed by atoms with E-state index in [0.717, 1.165) is 44.0 Å². The van der Waals surface area contributed by atoms with Crippen molar-refractivity contribution in [1.82, 2.24) is 14.5 Å². The summed E-state index contributed by atoms with van der Waals surface area (Å²) in [5, 5.41) is 0. The molecule has 0 spiro atoms. The summed E-state index contributed by atoms with van der Waals surface area (Å²) < 4.78 is 42.1. The van der Waals surface area contributed by atoms with Crippen molar-refractivity contribution in [2.75, 3.05) is 13.1 Å². The highest BCUT2D eigenvalue weighted by atomic mass is 19.4. The van der Waals surface area contributed by atoms with Crippen LogP contribution in [-0.4, -0.2) is 33.4 Å². The van der Waals surface area contributed by atoms with Gasteiger partial charge in [0.05, 0.1) is 5.56 Å². The summed E-state index contributed by atoms with van der Waals surface area (Å²) in [6.07, 6.45) is 3.20. The number of aromatic nitrogens is 2. The summed E-state index contributed by atoms with van der Waals surface area (Å²) in [6.45, 7) is 1.45. The summed E-state index contributed by atoms with van der Waals surface area (Å²) in [5.74, 6) is 1.20. The highest BCUT2D eigenvalue weighted by Gasteiger charge is 2.34. The van der Waals surface area contributed by atoms with Gasteiger partial charge in [0.2, 0.25) is 5.91 Å². The zero-order chi connectivity index (χ0) is 23.7. The molecule has 1 atom stereocenters. The van der Waals surface area contributed by atoms with Crippen molar-refractivity contribution < 1.29 is 18.0 Å². The van der Waals surface area contributed by atoms with E-state index in [-0.39, 0.29) is 29.9 Å². The molecule has 1 unspecified atom stereocenters. The molecule has 1 amide bonds. The van der Waals surface area contributed by atoms with E-state index in [1.165, 1.54) is 23.3 Å². The number of amides is 1. The molecule has 3 aromatic rings. The second kappa shape index (κ2) is 9.28. The molecular formula is C27H28F3N3O. The molecule has 34 heavy (non-hydrogen) atoms. The van der Waals surface area contributed by atoms with Gasteiger partial charge in [-0.15, -0.1) is 0 Å². The van der Waals surface area contributed by atoms with Crippen LogP contribution in [0, 0.1) is 5.92 Å². The molecular weight excluding hydrogens is 439 g/mol. The maximum Gasteiger partial charge on any atom is 0.416 e. The first kappa shape index (κ1) is 22.7. The lowest BCUT2D eigenvalue weighted by Gasteiger charge is -2.35. The molecule has 2 aliphatic rings. The van der Waals surface area contributed by atoms with Crippen molar-refractivity contribution in [1.29, 1.82) is 0 Å². The molecule has 2 aromatic carbocycles. The Labute approximate surface area is 197 Å². The first-order chi connectivity index (χ1) is 16.4. The number of likely N-dealkylation sites (tertiary alicyclic amines) is 1. The zero-order valence-electron chi connectivity index (χ0n) is 19.0. The van der Waals surface area contributed by atoms with Gasteiger partial charge in [-0.25, -0.2) is 4.98 Å². The van der Waals surface area contributed by atoms with E-state index in [1.54, 1.807) is 18.5 Å². The minimum atomic E-state index is -4.39. The number of alkyl halides is 3. The van der Waals surface area contributed by atoms with E-state index in [9.17, 15) is 18.0 Å². The third-order valence-corrected chi connectivity index (χ3v) is 7.28. The van der Waals surface area contributed by atoms with E-state index in [4.69, 9.17) is 0 Å². The number of hydrogen-bond donors (Lipinski definition) is 0. The van der Waals surface area contributed by atoms with Crippen LogP contribution in [0.2, 0.25) is 0 Å². The fraction of sp³-hybridized carbons (Fsp3) is 0.407. The van der Waals surface area contributed by atoms with E-state index < -0.39 is 11.7 Å². The molecule has 2 heterocycles. The predicted molar refractivity (Wildman–Crippen MR) is 123 cm³/mol. The SMILES string of the molecule is O=C(C1CCc2ccccc2C1)N1CCC(c2nccn2Cc2ccccc2C(F)(F)F)CC1. The van der Waals surface area contributed by atoms with E-state index in [1.807, 2.05) is 15.5 Å². The van der Waals surface area contributed by atoms with Crippen molar-refractivity contribution in [3.63, 3.8) is 0 Å². The number of aryl methyl sites for hydroxylation is 1. The maximum atomic E-state index is 13.4. The fourth-order valence-electron chi connectivity index (χ4n) is 5.46. The van der Waals surface area contributed by atoms with Crippen LogP contribution in [0.1, 0.15) is 53.3 Å². The minimum Gasteiger partial charge on any atom is -0.342 e. The van der Waals surface area contributed by atoms with Gasteiger partial charge in [0.1, 0.15) is 5.82 Å². The molecule has 1 saturated heterocycles. The van der Waals surface area contributed by atoms with Crippen molar-refractivity contribution in [2.45, 2.75) is 50.7 Å². The summed E-state index contributed by atoms with van der Waals surface area (Å²) >= 11 is 0. The van der Waals surface area contributed by atoms with Gasteiger partial charge in [-0.2, -0.15) is 13.2 Å². The highest BCUT2D eigenvalue weighted by molar-refractivity contribution is 5.79. The zero-order valence-corrected chi connectivity index (χ0v) is 19.0. The Morgan fingerprint density at radius 3 is 2.44 bits per heavy atom. The summed E-state index contributed by atoms with van der Waals surface area (Å²) in [4.78, 5) is 19.7. The monoisotopic (exact) mass is 467 g/mol. The van der Waals surface area contributed by atoms with Crippen LogP contribution in [0.5, 0.6) is 0 Å². The average molecular weight is 468 g/mol. The summed E-state index contributed by atoms with van der Waals surface area (Å²) in [5.41, 5.74) is 2.26. The first-order valence-corrected chi connectivity index (χ1v) is 11.9. The normalized spacial score (nSPS) is 19.1. The van der Waals surface area contributed by atoms with Crippen molar-refractivity contribution in [2.24, 2.45) is 5.92 Å². The number of benzene rings is 2. The van der Waals surface area contributed by atoms with Crippen LogP contribution in [-0.2, 0) is 30.4 Å². The Hall–Kier alpha value is -3.09. The molecule has 4 nitrogen and oxygen atoms in total. The molecule has 1 aromatic heterocycles. The molecule has 0 saturated carbocycles. The highest BCUT2D eigenvalue weighted by Crippen LogP contribution is 2.34. The van der Waals surface area contributed by atoms with Crippen LogP contribution in [0.3, 0.4) is 0 Å².